The smallest absolute Gasteiger partial charge is 0.0395 e. The Morgan fingerprint density at radius 3 is 2.38 bits per heavy atom. The molecule has 1 unspecified atom stereocenters. The molecular weight excluding hydrogens is 292 g/mol. The fourth-order valence-electron chi connectivity index (χ4n) is 1.22. The summed E-state index contributed by atoms with van der Waals surface area (Å²) in [4.78, 5) is 0.514. The molecule has 13 heavy (non-hydrogen) atoms. The van der Waals surface area contributed by atoms with Crippen LogP contribution in [0.5, 0.6) is 0 Å². The molecule has 0 nitrogen and oxygen atoms in total. The Labute approximate surface area is 97.0 Å². The van der Waals surface area contributed by atoms with E-state index < -0.39 is 0 Å². The molecule has 0 spiro atoms. The molecule has 0 aromatic heterocycles. The predicted octanol–water partition coefficient (Wildman–Crippen LogP) is 5.08. The van der Waals surface area contributed by atoms with Gasteiger partial charge in [0.15, 0.2) is 0 Å². The van der Waals surface area contributed by atoms with Crippen molar-refractivity contribution in [2.24, 2.45) is 0 Å². The molecule has 1 rings (SSSR count). The molecule has 0 saturated carbocycles. The number of halogens is 2. The Kier molecular flexibility index (Phi) is 5.04. The van der Waals surface area contributed by atoms with E-state index in [0.29, 0.717) is 4.83 Å². The van der Waals surface area contributed by atoms with Crippen LogP contribution in [0.4, 0.5) is 0 Å². The first kappa shape index (κ1) is 11.3. The molecule has 0 amide bonds. The second-order valence-electron chi connectivity index (χ2n) is 3.16. The van der Waals surface area contributed by atoms with Gasteiger partial charge in [0, 0.05) is 9.30 Å². The number of hydrogen-bond acceptors (Lipinski definition) is 0. The summed E-state index contributed by atoms with van der Waals surface area (Å²) in [5.74, 6) is 0. The summed E-state index contributed by atoms with van der Waals surface area (Å²) >= 11 is 7.13. The van der Waals surface area contributed by atoms with Crippen LogP contribution in [0.15, 0.2) is 28.7 Å². The van der Waals surface area contributed by atoms with E-state index >= 15 is 0 Å². The first-order valence-electron chi connectivity index (χ1n) is 4.63. The Morgan fingerprint density at radius 2 is 1.85 bits per heavy atom. The highest BCUT2D eigenvalue weighted by Gasteiger charge is 2.05. The molecule has 2 heteroatoms. The summed E-state index contributed by atoms with van der Waals surface area (Å²) in [6, 6.07) is 8.52. The first-order valence-corrected chi connectivity index (χ1v) is 6.34. The predicted molar refractivity (Wildman–Crippen MR) is 65.3 cm³/mol. The van der Waals surface area contributed by atoms with Gasteiger partial charge in [0.2, 0.25) is 0 Å². The SMILES string of the molecule is CCCCC(Br)c1ccc(Br)cc1. The van der Waals surface area contributed by atoms with Crippen LogP contribution in [0.1, 0.15) is 36.6 Å². The lowest BCUT2D eigenvalue weighted by atomic mass is 10.1. The fourth-order valence-corrected chi connectivity index (χ4v) is 2.11. The van der Waals surface area contributed by atoms with Crippen LogP contribution >= 0.6 is 31.9 Å². The maximum absolute atomic E-state index is 3.70. The first-order chi connectivity index (χ1) is 6.24. The van der Waals surface area contributed by atoms with Crippen molar-refractivity contribution < 1.29 is 0 Å². The topological polar surface area (TPSA) is 0 Å². The normalized spacial score (nSPS) is 12.8. The monoisotopic (exact) mass is 304 g/mol. The maximum atomic E-state index is 3.70. The van der Waals surface area contributed by atoms with Gasteiger partial charge >= 0.3 is 0 Å². The van der Waals surface area contributed by atoms with E-state index in [2.05, 4.69) is 63.0 Å². The van der Waals surface area contributed by atoms with Gasteiger partial charge in [0.05, 0.1) is 0 Å². The fraction of sp³-hybridized carbons (Fsp3) is 0.455. The molecule has 1 atom stereocenters. The quantitative estimate of drug-likeness (QED) is 0.681. The van der Waals surface area contributed by atoms with Gasteiger partial charge in [-0.15, -0.1) is 0 Å². The van der Waals surface area contributed by atoms with Gasteiger partial charge in [-0.3, -0.25) is 0 Å². The van der Waals surface area contributed by atoms with Crippen molar-refractivity contribution in [3.8, 4) is 0 Å². The van der Waals surface area contributed by atoms with Crippen molar-refractivity contribution in [1.29, 1.82) is 0 Å². The van der Waals surface area contributed by atoms with Gasteiger partial charge in [-0.2, -0.15) is 0 Å². The van der Waals surface area contributed by atoms with Crippen molar-refractivity contribution in [3.63, 3.8) is 0 Å². The van der Waals surface area contributed by atoms with Crippen molar-refractivity contribution in [3.05, 3.63) is 34.3 Å². The van der Waals surface area contributed by atoms with Gasteiger partial charge in [-0.25, -0.2) is 0 Å². The third-order valence-electron chi connectivity index (χ3n) is 2.04. The minimum Gasteiger partial charge on any atom is -0.0839 e. The summed E-state index contributed by atoms with van der Waals surface area (Å²) in [7, 11) is 0. The zero-order chi connectivity index (χ0) is 9.68. The van der Waals surface area contributed by atoms with Crippen molar-refractivity contribution in [1.82, 2.24) is 0 Å². The minimum atomic E-state index is 0.514. The summed E-state index contributed by atoms with van der Waals surface area (Å²) < 4.78 is 1.14. The van der Waals surface area contributed by atoms with Crippen LogP contribution in [0.2, 0.25) is 0 Å². The number of alkyl halides is 1. The highest BCUT2D eigenvalue weighted by molar-refractivity contribution is 9.10. The lowest BCUT2D eigenvalue weighted by molar-refractivity contribution is 0.713. The van der Waals surface area contributed by atoms with Crippen LogP contribution in [-0.2, 0) is 0 Å². The average molecular weight is 306 g/mol. The summed E-state index contributed by atoms with van der Waals surface area (Å²) in [5.41, 5.74) is 1.37. The Balaban J connectivity index is 2.55. The van der Waals surface area contributed by atoms with Gasteiger partial charge in [0.1, 0.15) is 0 Å². The van der Waals surface area contributed by atoms with Gasteiger partial charge in [-0.1, -0.05) is 63.8 Å². The molecule has 0 fully saturated rings. The van der Waals surface area contributed by atoms with E-state index in [-0.39, 0.29) is 0 Å². The number of benzene rings is 1. The molecule has 0 aliphatic rings. The Hall–Kier alpha value is 0.180. The highest BCUT2D eigenvalue weighted by atomic mass is 79.9. The summed E-state index contributed by atoms with van der Waals surface area (Å²) in [6.45, 7) is 2.22. The molecule has 1 aromatic rings. The van der Waals surface area contributed by atoms with Gasteiger partial charge in [0.25, 0.3) is 0 Å². The minimum absolute atomic E-state index is 0.514. The molecule has 0 aliphatic heterocycles. The molecule has 0 saturated heterocycles. The summed E-state index contributed by atoms with van der Waals surface area (Å²) in [6.07, 6.45) is 3.77. The van der Waals surface area contributed by atoms with Crippen molar-refractivity contribution in [2.45, 2.75) is 31.0 Å². The molecule has 0 aliphatic carbocycles. The number of unbranched alkanes of at least 4 members (excludes halogenated alkanes) is 1. The lowest BCUT2D eigenvalue weighted by Gasteiger charge is -2.08. The zero-order valence-electron chi connectivity index (χ0n) is 7.76. The highest BCUT2D eigenvalue weighted by Crippen LogP contribution is 2.28. The van der Waals surface area contributed by atoms with Crippen molar-refractivity contribution in [2.75, 3.05) is 0 Å². The van der Waals surface area contributed by atoms with E-state index in [1.807, 2.05) is 0 Å². The lowest BCUT2D eigenvalue weighted by Crippen LogP contribution is -1.89. The zero-order valence-corrected chi connectivity index (χ0v) is 10.9. The van der Waals surface area contributed by atoms with Gasteiger partial charge < -0.3 is 0 Å². The Bertz CT molecular complexity index is 241. The largest absolute Gasteiger partial charge is 0.0839 e. The van der Waals surface area contributed by atoms with E-state index in [1.165, 1.54) is 24.8 Å². The van der Waals surface area contributed by atoms with Crippen LogP contribution < -0.4 is 0 Å². The van der Waals surface area contributed by atoms with E-state index in [9.17, 15) is 0 Å². The average Bonchev–Trinajstić information content (AvgIpc) is 2.15. The number of rotatable bonds is 4. The second kappa shape index (κ2) is 5.82. The van der Waals surface area contributed by atoms with Crippen LogP contribution in [0.3, 0.4) is 0 Å². The van der Waals surface area contributed by atoms with Crippen molar-refractivity contribution >= 4 is 31.9 Å². The Morgan fingerprint density at radius 1 is 1.23 bits per heavy atom. The molecule has 1 aromatic carbocycles. The van der Waals surface area contributed by atoms with Crippen LogP contribution in [0, 0.1) is 0 Å². The van der Waals surface area contributed by atoms with E-state index in [4.69, 9.17) is 0 Å². The van der Waals surface area contributed by atoms with E-state index in [1.54, 1.807) is 0 Å². The third-order valence-corrected chi connectivity index (χ3v) is 3.56. The standard InChI is InChI=1S/C11H14Br2/c1-2-3-4-11(13)9-5-7-10(12)8-6-9/h5-8,11H,2-4H2,1H3. The molecular formula is C11H14Br2. The number of hydrogen-bond donors (Lipinski definition) is 0. The molecule has 72 valence electrons. The molecule has 0 radical (unpaired) electrons. The third kappa shape index (κ3) is 3.82. The molecule has 0 N–H and O–H groups in total. The molecule has 0 bridgehead atoms. The van der Waals surface area contributed by atoms with E-state index in [0.717, 1.165) is 4.47 Å². The van der Waals surface area contributed by atoms with Crippen LogP contribution in [-0.4, -0.2) is 0 Å². The van der Waals surface area contributed by atoms with Crippen LogP contribution in [0.25, 0.3) is 0 Å². The molecule has 0 heterocycles. The van der Waals surface area contributed by atoms with Gasteiger partial charge in [-0.05, 0) is 24.1 Å². The summed E-state index contributed by atoms with van der Waals surface area (Å²) in [5, 5.41) is 0. The maximum Gasteiger partial charge on any atom is 0.0395 e. The second-order valence-corrected chi connectivity index (χ2v) is 5.18.